The second-order valence-corrected chi connectivity index (χ2v) is 9.09. The van der Waals surface area contributed by atoms with E-state index in [0.717, 1.165) is 44.0 Å². The minimum Gasteiger partial charge on any atom is -0.465 e. The van der Waals surface area contributed by atoms with E-state index < -0.39 is 5.97 Å². The molecule has 2 N–H and O–H groups in total. The maximum atomic E-state index is 13.1. The van der Waals surface area contributed by atoms with Crippen molar-refractivity contribution in [1.82, 2.24) is 14.8 Å². The molecule has 3 aromatic rings. The first-order chi connectivity index (χ1) is 17.5. The molecule has 5 rings (SSSR count). The largest absolute Gasteiger partial charge is 0.465 e. The van der Waals surface area contributed by atoms with Crippen molar-refractivity contribution in [1.29, 1.82) is 0 Å². The van der Waals surface area contributed by atoms with Crippen LogP contribution in [0.4, 0.5) is 11.4 Å². The number of hydrogen-bond donors (Lipinski definition) is 2. The number of aromatic nitrogens is 1. The molecule has 2 aromatic carbocycles. The Bertz CT molecular complexity index is 1300. The molecule has 8 nitrogen and oxygen atoms in total. The molecule has 0 radical (unpaired) electrons. The molecule has 0 atom stereocenters. The number of nitrogens with zero attached hydrogens (tertiary/aromatic N) is 3. The quantitative estimate of drug-likeness (QED) is 0.410. The van der Waals surface area contributed by atoms with Gasteiger partial charge in [0.05, 0.1) is 23.9 Å². The molecule has 0 spiro atoms. The van der Waals surface area contributed by atoms with E-state index in [0.29, 0.717) is 28.1 Å². The van der Waals surface area contributed by atoms with Crippen molar-refractivity contribution in [2.75, 3.05) is 51.0 Å². The number of fused-ring (bicyclic) bond motifs is 1. The molecule has 3 heterocycles. The van der Waals surface area contributed by atoms with Crippen molar-refractivity contribution in [2.24, 2.45) is 0 Å². The number of anilines is 2. The molecule has 8 heteroatoms. The molecule has 0 bridgehead atoms. The molecular formula is C28H29N5O3. The van der Waals surface area contributed by atoms with Crippen LogP contribution in [0.1, 0.15) is 27.0 Å². The van der Waals surface area contributed by atoms with Crippen LogP contribution in [0.25, 0.3) is 11.3 Å². The zero-order valence-corrected chi connectivity index (χ0v) is 20.5. The highest BCUT2D eigenvalue weighted by molar-refractivity contribution is 6.37. The van der Waals surface area contributed by atoms with Gasteiger partial charge in [-0.1, -0.05) is 12.1 Å². The lowest BCUT2D eigenvalue weighted by molar-refractivity contribution is -0.110. The third kappa shape index (κ3) is 5.00. The molecule has 1 fully saturated rings. The number of nitrogens with one attached hydrogen (secondary N) is 2. The van der Waals surface area contributed by atoms with Crippen molar-refractivity contribution in [3.05, 3.63) is 89.2 Å². The summed E-state index contributed by atoms with van der Waals surface area (Å²) in [5.74, 6) is -0.691. The summed E-state index contributed by atoms with van der Waals surface area (Å²) in [7, 11) is 3.50. The number of methoxy groups -OCH3 is 1. The van der Waals surface area contributed by atoms with Crippen molar-refractivity contribution < 1.29 is 14.3 Å². The maximum Gasteiger partial charge on any atom is 0.337 e. The van der Waals surface area contributed by atoms with Crippen LogP contribution in [0, 0.1) is 0 Å². The number of carbonyl (C=O) groups excluding carboxylic acids is 2. The van der Waals surface area contributed by atoms with Gasteiger partial charge >= 0.3 is 5.97 Å². The van der Waals surface area contributed by atoms with Crippen LogP contribution in [0.2, 0.25) is 0 Å². The van der Waals surface area contributed by atoms with E-state index in [2.05, 4.69) is 44.6 Å². The minimum absolute atomic E-state index is 0.238. The smallest absolute Gasteiger partial charge is 0.337 e. The molecule has 0 unspecified atom stereocenters. The Morgan fingerprint density at radius 2 is 1.72 bits per heavy atom. The summed E-state index contributed by atoms with van der Waals surface area (Å²) in [6, 6.07) is 17.1. The van der Waals surface area contributed by atoms with Gasteiger partial charge in [0.2, 0.25) is 0 Å². The van der Waals surface area contributed by atoms with Gasteiger partial charge in [-0.3, -0.25) is 14.7 Å². The Balaban J connectivity index is 1.47. The number of esters is 1. The second kappa shape index (κ2) is 10.3. The number of carbonyl (C=O) groups is 2. The molecule has 1 saturated heterocycles. The van der Waals surface area contributed by atoms with E-state index in [4.69, 9.17) is 4.74 Å². The van der Waals surface area contributed by atoms with Crippen molar-refractivity contribution in [2.45, 2.75) is 6.54 Å². The number of pyridine rings is 1. The van der Waals surface area contributed by atoms with E-state index in [1.54, 1.807) is 30.6 Å². The summed E-state index contributed by atoms with van der Waals surface area (Å²) >= 11 is 0. The lowest BCUT2D eigenvalue weighted by Gasteiger charge is -2.32. The molecule has 2 aliphatic heterocycles. The number of rotatable bonds is 6. The first-order valence-electron chi connectivity index (χ1n) is 12.0. The van der Waals surface area contributed by atoms with Crippen LogP contribution < -0.4 is 10.6 Å². The van der Waals surface area contributed by atoms with E-state index in [-0.39, 0.29) is 5.91 Å². The Kier molecular flexibility index (Phi) is 6.79. The molecule has 2 aliphatic rings. The number of hydrogen-bond acceptors (Lipinski definition) is 7. The molecule has 0 saturated carbocycles. The summed E-state index contributed by atoms with van der Waals surface area (Å²) < 4.78 is 4.88. The molecule has 1 aromatic heterocycles. The fourth-order valence-electron chi connectivity index (χ4n) is 4.56. The number of amides is 1. The normalized spacial score (nSPS) is 17.3. The summed E-state index contributed by atoms with van der Waals surface area (Å²) in [5, 5.41) is 6.37. The fraction of sp³-hybridized carbons (Fsp3) is 0.250. The zero-order chi connectivity index (χ0) is 25.1. The number of benzene rings is 2. The van der Waals surface area contributed by atoms with Crippen LogP contribution in [0.15, 0.2) is 67.0 Å². The SMILES string of the molecule is COC(=O)c1ccc2c(c1)/C(=C(/Nc1ccc(CN3CCN(C)CC3)cc1)c1ccncc1)C(=O)N2. The van der Waals surface area contributed by atoms with Crippen molar-refractivity contribution in [3.8, 4) is 0 Å². The van der Waals surface area contributed by atoms with Crippen molar-refractivity contribution in [3.63, 3.8) is 0 Å². The van der Waals surface area contributed by atoms with Crippen molar-refractivity contribution >= 4 is 34.5 Å². The first-order valence-corrected chi connectivity index (χ1v) is 12.0. The lowest BCUT2D eigenvalue weighted by atomic mass is 9.99. The summed E-state index contributed by atoms with van der Waals surface area (Å²) in [5.41, 5.74) is 5.70. The van der Waals surface area contributed by atoms with Crippen LogP contribution in [-0.4, -0.2) is 67.0 Å². The zero-order valence-electron chi connectivity index (χ0n) is 20.5. The Labute approximate surface area is 210 Å². The van der Waals surface area contributed by atoms with Gasteiger partial charge in [0, 0.05) is 67.6 Å². The summed E-state index contributed by atoms with van der Waals surface area (Å²) in [6.07, 6.45) is 3.38. The highest BCUT2D eigenvalue weighted by atomic mass is 16.5. The fourth-order valence-corrected chi connectivity index (χ4v) is 4.56. The maximum absolute atomic E-state index is 13.1. The highest BCUT2D eigenvalue weighted by Gasteiger charge is 2.29. The van der Waals surface area contributed by atoms with Gasteiger partial charge in [-0.25, -0.2) is 4.79 Å². The van der Waals surface area contributed by atoms with Gasteiger partial charge in [0.1, 0.15) is 0 Å². The standard InChI is InChI=1S/C28H29N5O3/c1-32-13-15-33(16-14-32)18-19-3-6-22(7-4-19)30-26(20-9-11-29-12-10-20)25-23-17-21(28(35)36-2)5-8-24(23)31-27(25)34/h3-12,17,30H,13-16,18H2,1-2H3,(H,31,34)/b26-25-. The Morgan fingerprint density at radius 1 is 1.00 bits per heavy atom. The van der Waals surface area contributed by atoms with E-state index in [9.17, 15) is 9.59 Å². The second-order valence-electron chi connectivity index (χ2n) is 9.09. The van der Waals surface area contributed by atoms with Gasteiger partial charge in [-0.15, -0.1) is 0 Å². The van der Waals surface area contributed by atoms with E-state index in [1.165, 1.54) is 12.7 Å². The predicted octanol–water partition coefficient (Wildman–Crippen LogP) is 3.55. The third-order valence-corrected chi connectivity index (χ3v) is 6.63. The van der Waals surface area contributed by atoms with E-state index >= 15 is 0 Å². The predicted molar refractivity (Wildman–Crippen MR) is 140 cm³/mol. The number of likely N-dealkylation sites (N-methyl/N-ethyl adjacent to an activating group) is 1. The average molecular weight is 484 g/mol. The third-order valence-electron chi connectivity index (χ3n) is 6.63. The van der Waals surface area contributed by atoms with Gasteiger partial charge in [-0.2, -0.15) is 0 Å². The van der Waals surface area contributed by atoms with E-state index in [1.807, 2.05) is 24.3 Å². The Morgan fingerprint density at radius 3 is 2.42 bits per heavy atom. The van der Waals surface area contributed by atoms with Gasteiger partial charge in [0.15, 0.2) is 0 Å². The van der Waals surface area contributed by atoms with Gasteiger partial charge in [-0.05, 0) is 55.1 Å². The Hall–Kier alpha value is -4.01. The van der Waals surface area contributed by atoms with Crippen LogP contribution in [-0.2, 0) is 16.1 Å². The number of piperazine rings is 1. The van der Waals surface area contributed by atoms with Gasteiger partial charge < -0.3 is 20.3 Å². The van der Waals surface area contributed by atoms with Crippen LogP contribution >= 0.6 is 0 Å². The number of ether oxygens (including phenoxy) is 1. The minimum atomic E-state index is -0.453. The molecule has 184 valence electrons. The first kappa shape index (κ1) is 23.7. The average Bonchev–Trinajstić information content (AvgIpc) is 3.24. The van der Waals surface area contributed by atoms with Crippen LogP contribution in [0.3, 0.4) is 0 Å². The topological polar surface area (TPSA) is 86.8 Å². The molecule has 36 heavy (non-hydrogen) atoms. The molecule has 1 amide bonds. The monoisotopic (exact) mass is 483 g/mol. The van der Waals surface area contributed by atoms with Gasteiger partial charge in [0.25, 0.3) is 5.91 Å². The molecular weight excluding hydrogens is 454 g/mol. The molecule has 0 aliphatic carbocycles. The summed E-state index contributed by atoms with van der Waals surface area (Å²) in [6.45, 7) is 5.22. The highest BCUT2D eigenvalue weighted by Crippen LogP contribution is 2.38. The lowest BCUT2D eigenvalue weighted by Crippen LogP contribution is -2.43. The summed E-state index contributed by atoms with van der Waals surface area (Å²) in [4.78, 5) is 34.2. The van der Waals surface area contributed by atoms with Crippen LogP contribution in [0.5, 0.6) is 0 Å².